The molecule has 0 saturated heterocycles. The van der Waals surface area contributed by atoms with Crippen molar-refractivity contribution in [3.8, 4) is 0 Å². The molecule has 2 N–H and O–H groups in total. The number of carbonyl (C=O) groups excluding carboxylic acids is 1. The molecule has 4 nitrogen and oxygen atoms in total. The number of alkyl halides is 3. The van der Waals surface area contributed by atoms with E-state index in [9.17, 15) is 22.4 Å². The van der Waals surface area contributed by atoms with Crippen LogP contribution < -0.4 is 10.6 Å². The highest BCUT2D eigenvalue weighted by Gasteiger charge is 2.34. The molecule has 0 unspecified atom stereocenters. The molecule has 0 aliphatic carbocycles. The van der Waals surface area contributed by atoms with Gasteiger partial charge in [-0.05, 0) is 32.3 Å². The molecule has 1 aromatic carbocycles. The van der Waals surface area contributed by atoms with Crippen molar-refractivity contribution in [1.29, 1.82) is 0 Å². The molecule has 0 radical (unpaired) electrons. The molecule has 112 valence electrons. The molecular weight excluding hydrogens is 278 g/mol. The van der Waals surface area contributed by atoms with Gasteiger partial charge in [-0.15, -0.1) is 0 Å². The Morgan fingerprint density at radius 2 is 1.85 bits per heavy atom. The molecule has 0 bridgehead atoms. The number of amides is 2. The summed E-state index contributed by atoms with van der Waals surface area (Å²) in [5.41, 5.74) is 3.77. The van der Waals surface area contributed by atoms with Crippen molar-refractivity contribution in [2.24, 2.45) is 5.73 Å². The molecule has 0 fully saturated rings. The Hall–Kier alpha value is -1.83. The molecule has 20 heavy (non-hydrogen) atoms. The van der Waals surface area contributed by atoms with Crippen LogP contribution in [-0.2, 0) is 6.18 Å². The van der Waals surface area contributed by atoms with E-state index >= 15 is 0 Å². The van der Waals surface area contributed by atoms with Gasteiger partial charge in [0, 0.05) is 18.8 Å². The summed E-state index contributed by atoms with van der Waals surface area (Å²) in [6, 6.07) is 1.41. The van der Waals surface area contributed by atoms with Crippen LogP contribution >= 0.6 is 0 Å². The Bertz CT molecular complexity index is 488. The number of likely N-dealkylation sites (N-methyl/N-ethyl adjacent to an activating group) is 1. The average molecular weight is 293 g/mol. The van der Waals surface area contributed by atoms with Crippen molar-refractivity contribution in [2.45, 2.75) is 6.18 Å². The number of halogens is 4. The topological polar surface area (TPSA) is 49.6 Å². The molecule has 0 heterocycles. The van der Waals surface area contributed by atoms with Crippen molar-refractivity contribution >= 4 is 11.7 Å². The van der Waals surface area contributed by atoms with Gasteiger partial charge in [0.05, 0.1) is 5.56 Å². The minimum atomic E-state index is -4.77. The van der Waals surface area contributed by atoms with Crippen LogP contribution in [0, 0.1) is 5.82 Å². The van der Waals surface area contributed by atoms with Gasteiger partial charge in [0.25, 0.3) is 0 Å². The quantitative estimate of drug-likeness (QED) is 0.866. The summed E-state index contributed by atoms with van der Waals surface area (Å²) in [6.07, 6.45) is -4.77. The van der Waals surface area contributed by atoms with E-state index in [0.717, 1.165) is 11.0 Å². The number of benzene rings is 1. The van der Waals surface area contributed by atoms with Crippen molar-refractivity contribution in [2.75, 3.05) is 32.1 Å². The van der Waals surface area contributed by atoms with Gasteiger partial charge >= 0.3 is 12.2 Å². The summed E-state index contributed by atoms with van der Waals surface area (Å²) < 4.78 is 50.8. The van der Waals surface area contributed by atoms with Gasteiger partial charge in [-0.2, -0.15) is 13.2 Å². The number of nitrogens with two attached hydrogens (primary N) is 1. The molecule has 0 atom stereocenters. The third-order valence-electron chi connectivity index (χ3n) is 2.61. The zero-order valence-electron chi connectivity index (χ0n) is 11.0. The number of anilines is 1. The van der Waals surface area contributed by atoms with Crippen molar-refractivity contribution in [1.82, 2.24) is 4.90 Å². The highest BCUT2D eigenvalue weighted by atomic mass is 19.4. The fourth-order valence-corrected chi connectivity index (χ4v) is 1.57. The fraction of sp³-hybridized carbons (Fsp3) is 0.417. The number of primary amides is 1. The van der Waals surface area contributed by atoms with Gasteiger partial charge in [0.1, 0.15) is 5.82 Å². The Kier molecular flexibility index (Phi) is 4.93. The van der Waals surface area contributed by atoms with Gasteiger partial charge in [-0.1, -0.05) is 0 Å². The number of nitrogens with zero attached hydrogens (tertiary/aromatic N) is 2. The standard InChI is InChI=1S/C12H15F4N3O/c1-18(2)5-6-19(11(17)20)8-3-4-9(10(13)7-8)12(14,15)16/h3-4,7H,5-6H2,1-2H3,(H2,17,20). The predicted octanol–water partition coefficient (Wildman–Crippen LogP) is 2.29. The second-order valence-electron chi connectivity index (χ2n) is 4.46. The van der Waals surface area contributed by atoms with E-state index in [1.54, 1.807) is 19.0 Å². The maximum absolute atomic E-state index is 13.5. The van der Waals surface area contributed by atoms with Crippen molar-refractivity contribution < 1.29 is 22.4 Å². The summed E-state index contributed by atoms with van der Waals surface area (Å²) in [5, 5.41) is 0. The van der Waals surface area contributed by atoms with Crippen molar-refractivity contribution in [3.63, 3.8) is 0 Å². The zero-order chi connectivity index (χ0) is 15.5. The lowest BCUT2D eigenvalue weighted by Gasteiger charge is -2.23. The molecule has 0 saturated carbocycles. The lowest BCUT2D eigenvalue weighted by molar-refractivity contribution is -0.139. The van der Waals surface area contributed by atoms with Crippen LogP contribution in [0.3, 0.4) is 0 Å². The zero-order valence-corrected chi connectivity index (χ0v) is 11.0. The third-order valence-corrected chi connectivity index (χ3v) is 2.61. The van der Waals surface area contributed by atoms with Crippen LogP contribution in [0.1, 0.15) is 5.56 Å². The summed E-state index contributed by atoms with van der Waals surface area (Å²) in [7, 11) is 3.51. The monoisotopic (exact) mass is 293 g/mol. The molecular formula is C12H15F4N3O. The van der Waals surface area contributed by atoms with Crippen molar-refractivity contribution in [3.05, 3.63) is 29.6 Å². The molecule has 8 heteroatoms. The Balaban J connectivity index is 3.04. The van der Waals surface area contributed by atoms with Gasteiger partial charge in [-0.25, -0.2) is 9.18 Å². The molecule has 1 aromatic rings. The van der Waals surface area contributed by atoms with Gasteiger partial charge in [-0.3, -0.25) is 4.90 Å². The predicted molar refractivity (Wildman–Crippen MR) is 66.9 cm³/mol. The molecule has 0 spiro atoms. The van der Waals surface area contributed by atoms with E-state index in [0.29, 0.717) is 18.7 Å². The number of rotatable bonds is 4. The third kappa shape index (κ3) is 4.09. The summed E-state index contributed by atoms with van der Waals surface area (Å²) in [5.74, 6) is -1.44. The molecule has 0 aliphatic heterocycles. The van der Waals surface area contributed by atoms with Crippen LogP contribution in [-0.4, -0.2) is 38.1 Å². The summed E-state index contributed by atoms with van der Waals surface area (Å²) in [4.78, 5) is 14.1. The molecule has 2 amide bonds. The van der Waals surface area contributed by atoms with Crippen LogP contribution in [0.2, 0.25) is 0 Å². The van der Waals surface area contributed by atoms with E-state index in [1.165, 1.54) is 0 Å². The maximum Gasteiger partial charge on any atom is 0.419 e. The molecule has 0 aromatic heterocycles. The number of hydrogen-bond acceptors (Lipinski definition) is 2. The first-order valence-electron chi connectivity index (χ1n) is 5.71. The van der Waals surface area contributed by atoms with E-state index in [1.807, 2.05) is 0 Å². The minimum absolute atomic E-state index is 0.00940. The van der Waals surface area contributed by atoms with Crippen LogP contribution in [0.4, 0.5) is 28.0 Å². The number of carbonyl (C=O) groups is 1. The minimum Gasteiger partial charge on any atom is -0.351 e. The molecule has 0 aliphatic rings. The smallest absolute Gasteiger partial charge is 0.351 e. The SMILES string of the molecule is CN(C)CCN(C(N)=O)c1ccc(C(F)(F)F)c(F)c1. The first-order chi connectivity index (χ1) is 9.12. The highest BCUT2D eigenvalue weighted by molar-refractivity contribution is 5.90. The van der Waals surface area contributed by atoms with Crippen LogP contribution in [0.15, 0.2) is 18.2 Å². The Labute approximate surface area is 113 Å². The van der Waals surface area contributed by atoms with E-state index in [-0.39, 0.29) is 12.2 Å². The fourth-order valence-electron chi connectivity index (χ4n) is 1.57. The van der Waals surface area contributed by atoms with Gasteiger partial charge in [0.2, 0.25) is 0 Å². The van der Waals surface area contributed by atoms with E-state index in [4.69, 9.17) is 5.73 Å². The van der Waals surface area contributed by atoms with Gasteiger partial charge in [0.15, 0.2) is 0 Å². The lowest BCUT2D eigenvalue weighted by atomic mass is 10.1. The Morgan fingerprint density at radius 3 is 2.25 bits per heavy atom. The van der Waals surface area contributed by atoms with Gasteiger partial charge < -0.3 is 10.6 Å². The first kappa shape index (κ1) is 16.2. The second kappa shape index (κ2) is 6.08. The van der Waals surface area contributed by atoms with E-state index in [2.05, 4.69) is 0 Å². The second-order valence-corrected chi connectivity index (χ2v) is 4.46. The highest BCUT2D eigenvalue weighted by Crippen LogP contribution is 2.33. The lowest BCUT2D eigenvalue weighted by Crippen LogP contribution is -2.40. The maximum atomic E-state index is 13.5. The van der Waals surface area contributed by atoms with E-state index < -0.39 is 23.6 Å². The molecule has 1 rings (SSSR count). The first-order valence-corrected chi connectivity index (χ1v) is 5.71. The normalized spacial score (nSPS) is 11.8. The van der Waals surface area contributed by atoms with Crippen LogP contribution in [0.5, 0.6) is 0 Å². The largest absolute Gasteiger partial charge is 0.419 e. The average Bonchev–Trinajstić information content (AvgIpc) is 2.26. The Morgan fingerprint density at radius 1 is 1.25 bits per heavy atom. The summed E-state index contributed by atoms with van der Waals surface area (Å²) >= 11 is 0. The number of hydrogen-bond donors (Lipinski definition) is 1. The number of urea groups is 1. The summed E-state index contributed by atoms with van der Waals surface area (Å²) in [6.45, 7) is 0.582. The van der Waals surface area contributed by atoms with Crippen LogP contribution in [0.25, 0.3) is 0 Å².